The van der Waals surface area contributed by atoms with Crippen molar-refractivity contribution in [1.29, 1.82) is 0 Å². The number of rotatable bonds is 7. The van der Waals surface area contributed by atoms with Gasteiger partial charge in [-0.2, -0.15) is 0 Å². The van der Waals surface area contributed by atoms with Crippen LogP contribution in [0.2, 0.25) is 0 Å². The first-order chi connectivity index (χ1) is 14.6. The third-order valence-corrected chi connectivity index (χ3v) is 4.92. The van der Waals surface area contributed by atoms with E-state index >= 15 is 0 Å². The van der Waals surface area contributed by atoms with Crippen LogP contribution in [0.4, 0.5) is 0 Å². The standard InChI is InChI=1S/C23H24N2O5/c1-15-5-7-17(8-6-15)22-25-24-21(30-22)16(2)29-23(26)18-9-11-19(12-10-18)28-14-20-4-3-13-27-20/h5-12,16,20H,3-4,13-14H2,1-2H3/t16-,20-/m1/s1. The summed E-state index contributed by atoms with van der Waals surface area (Å²) < 4.78 is 22.4. The van der Waals surface area contributed by atoms with Crippen molar-refractivity contribution in [1.82, 2.24) is 10.2 Å². The van der Waals surface area contributed by atoms with Gasteiger partial charge in [0.25, 0.3) is 5.89 Å². The third-order valence-electron chi connectivity index (χ3n) is 4.92. The maximum Gasteiger partial charge on any atom is 0.338 e. The molecule has 0 N–H and O–H groups in total. The molecule has 7 nitrogen and oxygen atoms in total. The summed E-state index contributed by atoms with van der Waals surface area (Å²) in [6.07, 6.45) is 1.57. The van der Waals surface area contributed by atoms with Gasteiger partial charge in [0.05, 0.1) is 11.7 Å². The van der Waals surface area contributed by atoms with Gasteiger partial charge in [0.15, 0.2) is 6.10 Å². The molecular weight excluding hydrogens is 384 g/mol. The van der Waals surface area contributed by atoms with Crippen LogP contribution in [0.25, 0.3) is 11.5 Å². The number of aromatic nitrogens is 2. The summed E-state index contributed by atoms with van der Waals surface area (Å²) in [5, 5.41) is 8.06. The van der Waals surface area contributed by atoms with Gasteiger partial charge < -0.3 is 18.6 Å². The lowest BCUT2D eigenvalue weighted by atomic mass is 10.1. The topological polar surface area (TPSA) is 83.7 Å². The number of nitrogens with zero attached hydrogens (tertiary/aromatic N) is 2. The second-order valence-electron chi connectivity index (χ2n) is 7.33. The van der Waals surface area contributed by atoms with Crippen LogP contribution < -0.4 is 4.74 Å². The van der Waals surface area contributed by atoms with E-state index in [9.17, 15) is 4.79 Å². The normalized spacial score (nSPS) is 16.9. The summed E-state index contributed by atoms with van der Waals surface area (Å²) in [4.78, 5) is 12.4. The van der Waals surface area contributed by atoms with Gasteiger partial charge in [-0.3, -0.25) is 0 Å². The second kappa shape index (κ2) is 9.09. The Morgan fingerprint density at radius 2 is 1.90 bits per heavy atom. The van der Waals surface area contributed by atoms with Crippen molar-refractivity contribution in [2.45, 2.75) is 38.9 Å². The van der Waals surface area contributed by atoms with Crippen LogP contribution in [0.5, 0.6) is 5.75 Å². The molecule has 0 spiro atoms. The zero-order valence-corrected chi connectivity index (χ0v) is 17.0. The Morgan fingerprint density at radius 3 is 2.60 bits per heavy atom. The average molecular weight is 408 g/mol. The second-order valence-corrected chi connectivity index (χ2v) is 7.33. The molecule has 1 aromatic heterocycles. The summed E-state index contributed by atoms with van der Waals surface area (Å²) in [5.74, 6) is 0.856. The van der Waals surface area contributed by atoms with E-state index in [0.717, 1.165) is 30.6 Å². The van der Waals surface area contributed by atoms with Crippen LogP contribution in [0.15, 0.2) is 52.9 Å². The molecule has 0 unspecified atom stereocenters. The average Bonchev–Trinajstić information content (AvgIpc) is 3.45. The van der Waals surface area contributed by atoms with E-state index in [1.807, 2.05) is 31.2 Å². The van der Waals surface area contributed by atoms with Gasteiger partial charge in [-0.25, -0.2) is 4.79 Å². The summed E-state index contributed by atoms with van der Waals surface area (Å²) in [6, 6.07) is 14.6. The minimum atomic E-state index is -0.667. The van der Waals surface area contributed by atoms with Gasteiger partial charge in [0.1, 0.15) is 12.4 Å². The van der Waals surface area contributed by atoms with E-state index in [2.05, 4.69) is 10.2 Å². The first kappa shape index (κ1) is 20.1. The Morgan fingerprint density at radius 1 is 1.13 bits per heavy atom. The summed E-state index contributed by atoms with van der Waals surface area (Å²) in [5.41, 5.74) is 2.38. The predicted molar refractivity (Wildman–Crippen MR) is 109 cm³/mol. The van der Waals surface area contributed by atoms with Crippen molar-refractivity contribution in [2.24, 2.45) is 0 Å². The number of aryl methyl sites for hydroxylation is 1. The van der Waals surface area contributed by atoms with Gasteiger partial charge in [-0.1, -0.05) is 17.7 Å². The van der Waals surface area contributed by atoms with Crippen molar-refractivity contribution in [3.63, 3.8) is 0 Å². The highest BCUT2D eigenvalue weighted by molar-refractivity contribution is 5.89. The predicted octanol–water partition coefficient (Wildman–Crippen LogP) is 4.52. The van der Waals surface area contributed by atoms with Gasteiger partial charge in [0.2, 0.25) is 5.89 Å². The van der Waals surface area contributed by atoms with Gasteiger partial charge >= 0.3 is 5.97 Å². The molecule has 1 fully saturated rings. The Kier molecular flexibility index (Phi) is 6.09. The minimum absolute atomic E-state index is 0.148. The number of carbonyl (C=O) groups is 1. The largest absolute Gasteiger partial charge is 0.491 e. The number of carbonyl (C=O) groups excluding carboxylic acids is 1. The van der Waals surface area contributed by atoms with E-state index in [1.165, 1.54) is 0 Å². The molecule has 0 saturated carbocycles. The molecule has 1 saturated heterocycles. The summed E-state index contributed by atoms with van der Waals surface area (Å²) >= 11 is 0. The smallest absolute Gasteiger partial charge is 0.338 e. The van der Waals surface area contributed by atoms with Crippen molar-refractivity contribution in [2.75, 3.05) is 13.2 Å². The molecule has 7 heteroatoms. The van der Waals surface area contributed by atoms with Crippen molar-refractivity contribution in [3.05, 3.63) is 65.5 Å². The molecule has 0 bridgehead atoms. The van der Waals surface area contributed by atoms with E-state index < -0.39 is 12.1 Å². The third kappa shape index (κ3) is 4.86. The Labute approximate surface area is 175 Å². The van der Waals surface area contributed by atoms with Gasteiger partial charge in [-0.15, -0.1) is 10.2 Å². The quantitative estimate of drug-likeness (QED) is 0.531. The summed E-state index contributed by atoms with van der Waals surface area (Å²) in [6.45, 7) is 5.02. The molecule has 1 aliphatic heterocycles. The Bertz CT molecular complexity index is 976. The van der Waals surface area contributed by atoms with E-state index in [4.69, 9.17) is 18.6 Å². The first-order valence-electron chi connectivity index (χ1n) is 10.0. The Balaban J connectivity index is 1.33. The highest BCUT2D eigenvalue weighted by atomic mass is 16.6. The zero-order chi connectivity index (χ0) is 20.9. The molecule has 30 heavy (non-hydrogen) atoms. The number of hydrogen-bond donors (Lipinski definition) is 0. The van der Waals surface area contributed by atoms with Crippen LogP contribution in [0, 0.1) is 6.92 Å². The number of benzene rings is 2. The SMILES string of the molecule is Cc1ccc(-c2nnc([C@@H](C)OC(=O)c3ccc(OC[C@H]4CCCO4)cc3)o2)cc1. The molecule has 0 radical (unpaired) electrons. The molecule has 2 aromatic carbocycles. The van der Waals surface area contributed by atoms with E-state index in [1.54, 1.807) is 31.2 Å². The van der Waals surface area contributed by atoms with Gasteiger partial charge in [-0.05, 0) is 63.1 Å². The zero-order valence-electron chi connectivity index (χ0n) is 17.0. The van der Waals surface area contributed by atoms with Crippen LogP contribution in [-0.2, 0) is 9.47 Å². The fraction of sp³-hybridized carbons (Fsp3) is 0.348. The number of esters is 1. The van der Waals surface area contributed by atoms with E-state index in [-0.39, 0.29) is 12.0 Å². The molecule has 2 atom stereocenters. The molecule has 0 aliphatic carbocycles. The molecule has 4 rings (SSSR count). The van der Waals surface area contributed by atoms with Crippen LogP contribution in [0.1, 0.15) is 47.7 Å². The highest BCUT2D eigenvalue weighted by Gasteiger charge is 2.20. The highest BCUT2D eigenvalue weighted by Crippen LogP contribution is 2.24. The summed E-state index contributed by atoms with van der Waals surface area (Å²) in [7, 11) is 0. The molecular formula is C23H24N2O5. The van der Waals surface area contributed by atoms with Crippen LogP contribution >= 0.6 is 0 Å². The van der Waals surface area contributed by atoms with Gasteiger partial charge in [0, 0.05) is 12.2 Å². The van der Waals surface area contributed by atoms with Crippen molar-refractivity contribution < 1.29 is 23.4 Å². The van der Waals surface area contributed by atoms with E-state index in [0.29, 0.717) is 23.8 Å². The van der Waals surface area contributed by atoms with Crippen LogP contribution in [0.3, 0.4) is 0 Å². The number of hydrogen-bond acceptors (Lipinski definition) is 7. The molecule has 1 aliphatic rings. The lowest BCUT2D eigenvalue weighted by molar-refractivity contribution is 0.0279. The van der Waals surface area contributed by atoms with Crippen LogP contribution in [-0.4, -0.2) is 35.5 Å². The fourth-order valence-electron chi connectivity index (χ4n) is 3.14. The van der Waals surface area contributed by atoms with Crippen molar-refractivity contribution in [3.8, 4) is 17.2 Å². The first-order valence-corrected chi connectivity index (χ1v) is 10.0. The lowest BCUT2D eigenvalue weighted by Crippen LogP contribution is -2.16. The fourth-order valence-corrected chi connectivity index (χ4v) is 3.14. The molecule has 2 heterocycles. The Hall–Kier alpha value is -3.19. The number of ether oxygens (including phenoxy) is 3. The molecule has 156 valence electrons. The lowest BCUT2D eigenvalue weighted by Gasteiger charge is -2.12. The maximum atomic E-state index is 12.4. The monoisotopic (exact) mass is 408 g/mol. The molecule has 3 aromatic rings. The van der Waals surface area contributed by atoms with Crippen molar-refractivity contribution >= 4 is 5.97 Å². The maximum absolute atomic E-state index is 12.4. The minimum Gasteiger partial charge on any atom is -0.491 e. The molecule has 0 amide bonds.